The van der Waals surface area contributed by atoms with Crippen molar-refractivity contribution in [3.8, 4) is 34.0 Å². The molecule has 1 aliphatic rings. The summed E-state index contributed by atoms with van der Waals surface area (Å²) >= 11 is 0. The molecule has 1 unspecified atom stereocenters. The molecule has 2 aromatic heterocycles. The Bertz CT molecular complexity index is 1490. The number of pyridine rings is 1. The van der Waals surface area contributed by atoms with Gasteiger partial charge in [0.2, 0.25) is 0 Å². The zero-order valence-corrected chi connectivity index (χ0v) is 21.4. The van der Waals surface area contributed by atoms with E-state index in [-0.39, 0.29) is 5.75 Å². The standard InChI is InChI=1S/C28H27F3N4O3/c1-16-12-17(8-10-32-16)20-7-6-18(13-23(20)37-4)25-33-34-26-28(27(2,3)36,9-5-11-35(25)26)38-19-14-21(29)24(31)22(30)15-19/h6-8,10,12-15,36H,5,9,11H2,1-4H3. The van der Waals surface area contributed by atoms with Gasteiger partial charge in [0.1, 0.15) is 17.1 Å². The normalized spacial score (nSPS) is 17.3. The van der Waals surface area contributed by atoms with Crippen LogP contribution >= 0.6 is 0 Å². The van der Waals surface area contributed by atoms with Gasteiger partial charge in [-0.2, -0.15) is 0 Å². The van der Waals surface area contributed by atoms with E-state index in [4.69, 9.17) is 9.47 Å². The van der Waals surface area contributed by atoms with Crippen molar-refractivity contribution in [2.45, 2.75) is 51.4 Å². The first kappa shape index (κ1) is 25.7. The maximum atomic E-state index is 14.0. The minimum absolute atomic E-state index is 0.264. The molecule has 0 saturated carbocycles. The van der Waals surface area contributed by atoms with Gasteiger partial charge < -0.3 is 19.1 Å². The highest BCUT2D eigenvalue weighted by Crippen LogP contribution is 2.45. The van der Waals surface area contributed by atoms with E-state index in [1.54, 1.807) is 13.3 Å². The molecule has 1 aliphatic heterocycles. The molecule has 0 aliphatic carbocycles. The van der Waals surface area contributed by atoms with Gasteiger partial charge in [-0.1, -0.05) is 6.07 Å². The minimum atomic E-state index is -1.59. The van der Waals surface area contributed by atoms with Crippen LogP contribution < -0.4 is 9.47 Å². The lowest BCUT2D eigenvalue weighted by molar-refractivity contribution is -0.137. The van der Waals surface area contributed by atoms with Gasteiger partial charge in [0.05, 0.1) is 7.11 Å². The van der Waals surface area contributed by atoms with Crippen molar-refractivity contribution in [3.63, 3.8) is 0 Å². The quantitative estimate of drug-likeness (QED) is 0.332. The third-order valence-electron chi connectivity index (χ3n) is 6.93. The second kappa shape index (κ2) is 9.43. The molecule has 1 N–H and O–H groups in total. The number of aryl methyl sites for hydroxylation is 1. The van der Waals surface area contributed by atoms with E-state index in [2.05, 4.69) is 15.2 Å². The lowest BCUT2D eigenvalue weighted by atomic mass is 9.79. The average Bonchev–Trinajstić information content (AvgIpc) is 3.31. The molecule has 0 amide bonds. The number of aromatic nitrogens is 4. The predicted molar refractivity (Wildman–Crippen MR) is 134 cm³/mol. The van der Waals surface area contributed by atoms with Crippen LogP contribution in [0.2, 0.25) is 0 Å². The molecule has 0 radical (unpaired) electrons. The number of benzene rings is 2. The van der Waals surface area contributed by atoms with Crippen molar-refractivity contribution in [3.05, 3.63) is 77.6 Å². The molecule has 198 valence electrons. The van der Waals surface area contributed by atoms with Crippen LogP contribution in [0.4, 0.5) is 13.2 Å². The Morgan fingerprint density at radius 2 is 1.74 bits per heavy atom. The van der Waals surface area contributed by atoms with Crippen molar-refractivity contribution in [2.24, 2.45) is 0 Å². The minimum Gasteiger partial charge on any atom is -0.496 e. The second-order valence-electron chi connectivity index (χ2n) is 9.89. The fourth-order valence-corrected chi connectivity index (χ4v) is 5.00. The van der Waals surface area contributed by atoms with Crippen LogP contribution in [0.25, 0.3) is 22.5 Å². The molecule has 3 heterocycles. The Morgan fingerprint density at radius 1 is 1.00 bits per heavy atom. The Kier molecular flexibility index (Phi) is 6.38. The first-order chi connectivity index (χ1) is 18.0. The summed E-state index contributed by atoms with van der Waals surface area (Å²) in [6.45, 7) is 5.50. The number of nitrogens with zero attached hydrogens (tertiary/aromatic N) is 4. The molecule has 0 spiro atoms. The van der Waals surface area contributed by atoms with E-state index in [0.29, 0.717) is 36.8 Å². The third-order valence-corrected chi connectivity index (χ3v) is 6.93. The van der Waals surface area contributed by atoms with Gasteiger partial charge >= 0.3 is 0 Å². The second-order valence-corrected chi connectivity index (χ2v) is 9.89. The number of fused-ring (bicyclic) bond motifs is 1. The summed E-state index contributed by atoms with van der Waals surface area (Å²) in [6, 6.07) is 11.1. The van der Waals surface area contributed by atoms with Crippen LogP contribution in [0.5, 0.6) is 11.5 Å². The molecule has 1 atom stereocenters. The van der Waals surface area contributed by atoms with Crippen molar-refractivity contribution in [1.29, 1.82) is 0 Å². The number of hydrogen-bond acceptors (Lipinski definition) is 6. The zero-order valence-electron chi connectivity index (χ0n) is 21.4. The molecular weight excluding hydrogens is 497 g/mol. The smallest absolute Gasteiger partial charge is 0.196 e. The van der Waals surface area contributed by atoms with E-state index in [1.807, 2.05) is 41.8 Å². The topological polar surface area (TPSA) is 82.3 Å². The molecule has 4 aromatic rings. The van der Waals surface area contributed by atoms with Crippen molar-refractivity contribution in [1.82, 2.24) is 19.7 Å². The molecule has 7 nitrogen and oxygen atoms in total. The Balaban J connectivity index is 1.60. The van der Waals surface area contributed by atoms with Gasteiger partial charge in [-0.05, 0) is 63.4 Å². The summed E-state index contributed by atoms with van der Waals surface area (Å²) in [5.74, 6) is -3.19. The maximum absolute atomic E-state index is 14.0. The van der Waals surface area contributed by atoms with Gasteiger partial charge in [0, 0.05) is 41.7 Å². The fraction of sp³-hybridized carbons (Fsp3) is 0.321. The Hall–Kier alpha value is -3.92. The molecule has 0 saturated heterocycles. The Labute approximate surface area is 217 Å². The number of rotatable bonds is 6. The summed E-state index contributed by atoms with van der Waals surface area (Å²) in [7, 11) is 1.59. The van der Waals surface area contributed by atoms with E-state index in [1.165, 1.54) is 13.8 Å². The highest BCUT2D eigenvalue weighted by molar-refractivity contribution is 5.75. The maximum Gasteiger partial charge on any atom is 0.196 e. The van der Waals surface area contributed by atoms with Crippen LogP contribution in [0.1, 0.15) is 38.2 Å². The highest BCUT2D eigenvalue weighted by atomic mass is 19.2. The van der Waals surface area contributed by atoms with E-state index < -0.39 is 28.7 Å². The third kappa shape index (κ3) is 4.28. The Morgan fingerprint density at radius 3 is 2.39 bits per heavy atom. The summed E-state index contributed by atoms with van der Waals surface area (Å²) in [6.07, 6.45) is 2.58. The van der Waals surface area contributed by atoms with Crippen LogP contribution in [0.3, 0.4) is 0 Å². The van der Waals surface area contributed by atoms with Crippen molar-refractivity contribution >= 4 is 0 Å². The van der Waals surface area contributed by atoms with Gasteiger partial charge in [0.15, 0.2) is 34.7 Å². The largest absolute Gasteiger partial charge is 0.496 e. The lowest BCUT2D eigenvalue weighted by Gasteiger charge is -2.44. The van der Waals surface area contributed by atoms with Crippen LogP contribution in [0, 0.1) is 24.4 Å². The first-order valence-electron chi connectivity index (χ1n) is 12.1. The molecule has 0 bridgehead atoms. The van der Waals surface area contributed by atoms with E-state index in [0.717, 1.165) is 34.5 Å². The zero-order chi connectivity index (χ0) is 27.2. The SMILES string of the molecule is COc1cc(-c2nnc3n2CCCC3(Oc2cc(F)c(F)c(F)c2)C(C)(C)O)ccc1-c1ccnc(C)c1. The van der Waals surface area contributed by atoms with Crippen LogP contribution in [0.15, 0.2) is 48.7 Å². The summed E-state index contributed by atoms with van der Waals surface area (Å²) in [5, 5.41) is 20.0. The van der Waals surface area contributed by atoms with E-state index >= 15 is 0 Å². The molecule has 0 fully saturated rings. The van der Waals surface area contributed by atoms with Gasteiger partial charge in [-0.25, -0.2) is 13.2 Å². The summed E-state index contributed by atoms with van der Waals surface area (Å²) < 4.78 is 55.1. The van der Waals surface area contributed by atoms with Gasteiger partial charge in [-0.3, -0.25) is 4.98 Å². The number of ether oxygens (including phenoxy) is 2. The summed E-state index contributed by atoms with van der Waals surface area (Å²) in [4.78, 5) is 4.25. The monoisotopic (exact) mass is 524 g/mol. The number of hydrogen-bond donors (Lipinski definition) is 1. The highest BCUT2D eigenvalue weighted by Gasteiger charge is 2.53. The van der Waals surface area contributed by atoms with Crippen molar-refractivity contribution < 1.29 is 27.8 Å². The molecule has 2 aromatic carbocycles. The predicted octanol–water partition coefficient (Wildman–Crippen LogP) is 5.58. The van der Waals surface area contributed by atoms with Crippen LogP contribution in [-0.4, -0.2) is 37.6 Å². The van der Waals surface area contributed by atoms with Gasteiger partial charge in [0.25, 0.3) is 0 Å². The van der Waals surface area contributed by atoms with Gasteiger partial charge in [-0.15, -0.1) is 10.2 Å². The molecule has 5 rings (SSSR count). The first-order valence-corrected chi connectivity index (χ1v) is 12.1. The number of aliphatic hydroxyl groups is 1. The summed E-state index contributed by atoms with van der Waals surface area (Å²) in [5.41, 5.74) is 0.389. The molecule has 38 heavy (non-hydrogen) atoms. The molecular formula is C28H27F3N4O3. The van der Waals surface area contributed by atoms with E-state index in [9.17, 15) is 18.3 Å². The van der Waals surface area contributed by atoms with Crippen LogP contribution in [-0.2, 0) is 12.1 Å². The fourth-order valence-electron chi connectivity index (χ4n) is 5.00. The average molecular weight is 525 g/mol. The molecule has 10 heteroatoms. The number of halogens is 3. The van der Waals surface area contributed by atoms with Crippen molar-refractivity contribution in [2.75, 3.05) is 7.11 Å². The lowest BCUT2D eigenvalue weighted by Crippen LogP contribution is -2.55. The number of methoxy groups -OCH3 is 1.